The molecule has 16 heavy (non-hydrogen) atoms. The molecule has 1 aromatic rings. The Bertz CT molecular complexity index is 353. The summed E-state index contributed by atoms with van der Waals surface area (Å²) < 4.78 is 13.4. The molecule has 0 aliphatic carbocycles. The van der Waals surface area contributed by atoms with E-state index < -0.39 is 5.60 Å². The Labute approximate surface area is 104 Å². The molecular weight excluding hydrogens is 273 g/mol. The van der Waals surface area contributed by atoms with Crippen LogP contribution in [0.2, 0.25) is 0 Å². The lowest BCUT2D eigenvalue weighted by Gasteiger charge is -2.26. The lowest BCUT2D eigenvalue weighted by Crippen LogP contribution is -2.35. The minimum absolute atomic E-state index is 0.285. The summed E-state index contributed by atoms with van der Waals surface area (Å²) in [6.07, 6.45) is 1.39. The van der Waals surface area contributed by atoms with Crippen LogP contribution in [-0.4, -0.2) is 17.3 Å². The van der Waals surface area contributed by atoms with E-state index in [4.69, 9.17) is 0 Å². The summed E-state index contributed by atoms with van der Waals surface area (Å²) in [5.41, 5.74) is 0.106. The highest BCUT2D eigenvalue weighted by Crippen LogP contribution is 2.21. The molecule has 0 atom stereocenters. The number of hydrogen-bond acceptors (Lipinski definition) is 2. The fraction of sp³-hybridized carbons (Fsp3) is 0.500. The summed E-state index contributed by atoms with van der Waals surface area (Å²) in [7, 11) is 0. The minimum Gasteiger partial charge on any atom is -0.388 e. The zero-order valence-electron chi connectivity index (χ0n) is 9.56. The fourth-order valence-corrected chi connectivity index (χ4v) is 1.75. The van der Waals surface area contributed by atoms with E-state index in [-0.39, 0.29) is 5.82 Å². The summed E-state index contributed by atoms with van der Waals surface area (Å²) in [5, 5.41) is 13.2. The molecule has 0 aromatic heterocycles. The molecule has 0 spiro atoms. The summed E-state index contributed by atoms with van der Waals surface area (Å²) >= 11 is 3.12. The Morgan fingerprint density at radius 3 is 2.50 bits per heavy atom. The molecule has 0 unspecified atom stereocenters. The van der Waals surface area contributed by atoms with Gasteiger partial charge in [-0.2, -0.15) is 0 Å². The maximum Gasteiger partial charge on any atom is 0.137 e. The van der Waals surface area contributed by atoms with Crippen LogP contribution in [0.3, 0.4) is 0 Å². The topological polar surface area (TPSA) is 32.3 Å². The summed E-state index contributed by atoms with van der Waals surface area (Å²) in [5.74, 6) is -0.285. The lowest BCUT2D eigenvalue weighted by atomic mass is 9.97. The van der Waals surface area contributed by atoms with Gasteiger partial charge in [0.05, 0.1) is 10.1 Å². The average Bonchev–Trinajstić information content (AvgIpc) is 2.30. The van der Waals surface area contributed by atoms with Crippen molar-refractivity contribution in [2.75, 3.05) is 11.9 Å². The van der Waals surface area contributed by atoms with Crippen LogP contribution in [0.15, 0.2) is 22.7 Å². The van der Waals surface area contributed by atoms with Crippen molar-refractivity contribution in [2.45, 2.75) is 32.3 Å². The van der Waals surface area contributed by atoms with Gasteiger partial charge in [-0.15, -0.1) is 0 Å². The van der Waals surface area contributed by atoms with Crippen molar-refractivity contribution in [3.63, 3.8) is 0 Å². The molecule has 2 nitrogen and oxygen atoms in total. The number of hydrogen-bond donors (Lipinski definition) is 2. The van der Waals surface area contributed by atoms with Gasteiger partial charge in [-0.3, -0.25) is 0 Å². The van der Waals surface area contributed by atoms with Crippen molar-refractivity contribution in [3.05, 3.63) is 28.5 Å². The van der Waals surface area contributed by atoms with Crippen molar-refractivity contribution in [2.24, 2.45) is 0 Å². The molecule has 0 heterocycles. The third kappa shape index (κ3) is 3.46. The maximum atomic E-state index is 13.0. The van der Waals surface area contributed by atoms with Crippen LogP contribution in [0.1, 0.15) is 26.7 Å². The van der Waals surface area contributed by atoms with E-state index in [0.717, 1.165) is 5.69 Å². The van der Waals surface area contributed by atoms with Gasteiger partial charge in [0, 0.05) is 12.2 Å². The monoisotopic (exact) mass is 289 g/mol. The molecule has 90 valence electrons. The maximum absolute atomic E-state index is 13.0. The smallest absolute Gasteiger partial charge is 0.137 e. The molecule has 0 aliphatic rings. The zero-order valence-corrected chi connectivity index (χ0v) is 11.1. The first-order valence-corrected chi connectivity index (χ1v) is 6.21. The average molecular weight is 290 g/mol. The highest BCUT2D eigenvalue weighted by atomic mass is 79.9. The minimum atomic E-state index is -0.694. The molecular formula is C12H17BrFNO. The van der Waals surface area contributed by atoms with Gasteiger partial charge in [0.25, 0.3) is 0 Å². The van der Waals surface area contributed by atoms with Gasteiger partial charge < -0.3 is 10.4 Å². The number of rotatable bonds is 5. The van der Waals surface area contributed by atoms with Gasteiger partial charge in [-0.25, -0.2) is 4.39 Å². The number of halogens is 2. The molecule has 0 saturated carbocycles. The normalized spacial score (nSPS) is 11.6. The Hall–Kier alpha value is -0.610. The lowest BCUT2D eigenvalue weighted by molar-refractivity contribution is 0.0457. The van der Waals surface area contributed by atoms with Crippen LogP contribution in [0.5, 0.6) is 0 Å². The van der Waals surface area contributed by atoms with Crippen LogP contribution < -0.4 is 5.32 Å². The molecule has 0 amide bonds. The molecule has 0 fully saturated rings. The highest BCUT2D eigenvalue weighted by Gasteiger charge is 2.21. The predicted octanol–water partition coefficient (Wildman–Crippen LogP) is 3.55. The van der Waals surface area contributed by atoms with E-state index in [1.807, 2.05) is 13.8 Å². The van der Waals surface area contributed by atoms with Crippen molar-refractivity contribution in [3.8, 4) is 0 Å². The van der Waals surface area contributed by atoms with E-state index in [0.29, 0.717) is 23.9 Å². The molecule has 0 bridgehead atoms. The molecule has 0 saturated heterocycles. The molecule has 4 heteroatoms. The van der Waals surface area contributed by atoms with Gasteiger partial charge in [0.2, 0.25) is 0 Å². The SMILES string of the molecule is CCC(O)(CC)CNc1ccc(F)c(Br)c1. The highest BCUT2D eigenvalue weighted by molar-refractivity contribution is 9.10. The Morgan fingerprint density at radius 1 is 1.38 bits per heavy atom. The summed E-state index contributed by atoms with van der Waals surface area (Å²) in [6.45, 7) is 4.37. The number of anilines is 1. The van der Waals surface area contributed by atoms with Crippen LogP contribution in [0.4, 0.5) is 10.1 Å². The molecule has 1 rings (SSSR count). The Morgan fingerprint density at radius 2 is 2.00 bits per heavy atom. The third-order valence-electron chi connectivity index (χ3n) is 2.86. The van der Waals surface area contributed by atoms with E-state index in [1.165, 1.54) is 6.07 Å². The number of benzene rings is 1. The third-order valence-corrected chi connectivity index (χ3v) is 3.47. The molecule has 1 aromatic carbocycles. The Balaban J connectivity index is 2.64. The second kappa shape index (κ2) is 5.64. The van der Waals surface area contributed by atoms with Crippen molar-refractivity contribution in [1.82, 2.24) is 0 Å². The van der Waals surface area contributed by atoms with Gasteiger partial charge in [-0.1, -0.05) is 13.8 Å². The van der Waals surface area contributed by atoms with Crippen LogP contribution in [-0.2, 0) is 0 Å². The first-order chi connectivity index (χ1) is 7.50. The standard InChI is InChI=1S/C12H17BrFNO/c1-3-12(16,4-2)8-15-9-5-6-11(14)10(13)7-9/h5-7,15-16H,3-4,8H2,1-2H3. The second-order valence-electron chi connectivity index (χ2n) is 3.91. The van der Waals surface area contributed by atoms with Crippen LogP contribution in [0.25, 0.3) is 0 Å². The van der Waals surface area contributed by atoms with E-state index in [1.54, 1.807) is 12.1 Å². The van der Waals surface area contributed by atoms with Crippen molar-refractivity contribution in [1.29, 1.82) is 0 Å². The second-order valence-corrected chi connectivity index (χ2v) is 4.77. The van der Waals surface area contributed by atoms with E-state index >= 15 is 0 Å². The van der Waals surface area contributed by atoms with Gasteiger partial charge in [0.1, 0.15) is 5.82 Å². The Kier molecular flexibility index (Phi) is 4.74. The summed E-state index contributed by atoms with van der Waals surface area (Å²) in [6, 6.07) is 4.72. The van der Waals surface area contributed by atoms with Crippen molar-refractivity contribution < 1.29 is 9.50 Å². The van der Waals surface area contributed by atoms with Crippen LogP contribution in [0, 0.1) is 5.82 Å². The van der Waals surface area contributed by atoms with Gasteiger partial charge >= 0.3 is 0 Å². The van der Waals surface area contributed by atoms with Gasteiger partial charge in [0.15, 0.2) is 0 Å². The molecule has 0 aliphatic heterocycles. The molecule has 2 N–H and O–H groups in total. The zero-order chi connectivity index (χ0) is 12.2. The largest absolute Gasteiger partial charge is 0.388 e. The van der Waals surface area contributed by atoms with Crippen LogP contribution >= 0.6 is 15.9 Å². The first kappa shape index (κ1) is 13.5. The number of aliphatic hydroxyl groups is 1. The number of nitrogens with one attached hydrogen (secondary N) is 1. The quantitative estimate of drug-likeness (QED) is 0.869. The van der Waals surface area contributed by atoms with E-state index in [9.17, 15) is 9.50 Å². The predicted molar refractivity (Wildman–Crippen MR) is 68.1 cm³/mol. The first-order valence-electron chi connectivity index (χ1n) is 5.42. The molecule has 0 radical (unpaired) electrons. The fourth-order valence-electron chi connectivity index (χ4n) is 1.37. The summed E-state index contributed by atoms with van der Waals surface area (Å²) in [4.78, 5) is 0. The van der Waals surface area contributed by atoms with Gasteiger partial charge in [-0.05, 0) is 47.0 Å². The van der Waals surface area contributed by atoms with Crippen molar-refractivity contribution >= 4 is 21.6 Å². The van der Waals surface area contributed by atoms with E-state index in [2.05, 4.69) is 21.2 Å².